The fraction of sp³-hybridized carbons (Fsp3) is 0.438. The second-order valence-electron chi connectivity index (χ2n) is 5.97. The van der Waals surface area contributed by atoms with Gasteiger partial charge in [0.05, 0.1) is 0 Å². The average molecular weight is 334 g/mol. The van der Waals surface area contributed by atoms with Gasteiger partial charge in [-0.2, -0.15) is 0 Å². The summed E-state index contributed by atoms with van der Waals surface area (Å²) in [4.78, 5) is 14.3. The number of nitrogens with one attached hydrogen (secondary N) is 1. The maximum absolute atomic E-state index is 12.9. The summed E-state index contributed by atoms with van der Waals surface area (Å²) in [6, 6.07) is 6.00. The molecule has 1 N–H and O–H groups in total. The van der Waals surface area contributed by atoms with Gasteiger partial charge in [0.2, 0.25) is 11.0 Å². The van der Waals surface area contributed by atoms with Gasteiger partial charge >= 0.3 is 0 Å². The molecule has 1 fully saturated rings. The lowest BCUT2D eigenvalue weighted by Crippen LogP contribution is -2.33. The number of rotatable bonds is 5. The monoisotopic (exact) mass is 334 g/mol. The van der Waals surface area contributed by atoms with Gasteiger partial charge in [-0.1, -0.05) is 37.3 Å². The topological polar surface area (TPSA) is 58.1 Å². The van der Waals surface area contributed by atoms with Crippen LogP contribution in [0.4, 0.5) is 9.52 Å². The molecule has 0 spiro atoms. The molecule has 1 amide bonds. The smallest absolute Gasteiger partial charge is 0.245 e. The van der Waals surface area contributed by atoms with Gasteiger partial charge in [-0.05, 0) is 24.1 Å². The summed E-state index contributed by atoms with van der Waals surface area (Å²) in [5.74, 6) is 0.117. The summed E-state index contributed by atoms with van der Waals surface area (Å²) in [5.41, 5.74) is 0.929. The number of carbonyl (C=O) groups excluding carboxylic acids is 1. The molecule has 0 radical (unpaired) electrons. The molecule has 1 atom stereocenters. The Balaban J connectivity index is 1.60. The Bertz CT molecular complexity index is 686. The number of aromatic nitrogens is 2. The van der Waals surface area contributed by atoms with E-state index in [0.29, 0.717) is 24.1 Å². The number of benzene rings is 1. The summed E-state index contributed by atoms with van der Waals surface area (Å²) in [6.45, 7) is 5.32. The number of nitrogens with zero attached hydrogens (tertiary/aromatic N) is 3. The Morgan fingerprint density at radius 2 is 2.09 bits per heavy atom. The van der Waals surface area contributed by atoms with Crippen LogP contribution in [0.15, 0.2) is 24.3 Å². The van der Waals surface area contributed by atoms with E-state index >= 15 is 0 Å². The molecule has 23 heavy (non-hydrogen) atoms. The molecule has 7 heteroatoms. The molecule has 3 rings (SSSR count). The van der Waals surface area contributed by atoms with Crippen LogP contribution in [0.25, 0.3) is 0 Å². The minimum Gasteiger partial charge on any atom is -0.348 e. The molecule has 1 unspecified atom stereocenters. The summed E-state index contributed by atoms with van der Waals surface area (Å²) in [5, 5.41) is 13.1. The largest absolute Gasteiger partial charge is 0.348 e. The van der Waals surface area contributed by atoms with Crippen LogP contribution in [0.3, 0.4) is 0 Å². The van der Waals surface area contributed by atoms with Crippen LogP contribution >= 0.6 is 11.3 Å². The van der Waals surface area contributed by atoms with E-state index in [2.05, 4.69) is 29.4 Å². The normalized spacial score (nSPS) is 18.0. The van der Waals surface area contributed by atoms with Crippen LogP contribution < -0.4 is 5.32 Å². The van der Waals surface area contributed by atoms with Gasteiger partial charge in [-0.15, -0.1) is 10.2 Å². The zero-order valence-corrected chi connectivity index (χ0v) is 13.9. The van der Waals surface area contributed by atoms with Crippen molar-refractivity contribution in [2.45, 2.75) is 38.8 Å². The maximum Gasteiger partial charge on any atom is 0.245 e. The summed E-state index contributed by atoms with van der Waals surface area (Å²) in [7, 11) is 0. The van der Waals surface area contributed by atoms with E-state index in [9.17, 15) is 9.18 Å². The molecule has 122 valence electrons. The first-order chi connectivity index (χ1) is 11.0. The lowest BCUT2D eigenvalue weighted by molar-refractivity contribution is -0.128. The van der Waals surface area contributed by atoms with E-state index < -0.39 is 0 Å². The van der Waals surface area contributed by atoms with Crippen LogP contribution in [-0.4, -0.2) is 33.6 Å². The van der Waals surface area contributed by atoms with Gasteiger partial charge in [-0.25, -0.2) is 4.39 Å². The Morgan fingerprint density at radius 3 is 2.74 bits per heavy atom. The number of likely N-dealkylation sites (tertiary alicyclic amines) is 1. The van der Waals surface area contributed by atoms with Gasteiger partial charge in [0.1, 0.15) is 16.9 Å². The molecule has 0 bridgehead atoms. The van der Waals surface area contributed by atoms with Crippen molar-refractivity contribution in [3.63, 3.8) is 0 Å². The molecule has 0 aliphatic carbocycles. The summed E-state index contributed by atoms with van der Waals surface area (Å²) < 4.78 is 12.9. The minimum absolute atomic E-state index is 0.0515. The molecule has 2 aromatic rings. The lowest BCUT2D eigenvalue weighted by Gasteiger charge is -2.17. The Labute approximate surface area is 138 Å². The highest BCUT2D eigenvalue weighted by Crippen LogP contribution is 2.25. The van der Waals surface area contributed by atoms with Crippen LogP contribution in [0.1, 0.15) is 36.8 Å². The number of anilines is 1. The van der Waals surface area contributed by atoms with Crippen molar-refractivity contribution in [1.29, 1.82) is 0 Å². The van der Waals surface area contributed by atoms with Crippen molar-refractivity contribution in [2.24, 2.45) is 0 Å². The molecule has 0 saturated carbocycles. The predicted octanol–water partition coefficient (Wildman–Crippen LogP) is 3.01. The van der Waals surface area contributed by atoms with Gasteiger partial charge in [-0.3, -0.25) is 4.79 Å². The summed E-state index contributed by atoms with van der Waals surface area (Å²) in [6.07, 6.45) is 0.733. The number of hydrogen-bond acceptors (Lipinski definition) is 5. The number of halogens is 1. The minimum atomic E-state index is -0.265. The van der Waals surface area contributed by atoms with Gasteiger partial charge < -0.3 is 10.2 Å². The first kappa shape index (κ1) is 15.9. The highest BCUT2D eigenvalue weighted by Gasteiger charge is 2.32. The first-order valence-electron chi connectivity index (χ1n) is 7.66. The summed E-state index contributed by atoms with van der Waals surface area (Å²) >= 11 is 1.49. The van der Waals surface area contributed by atoms with E-state index in [0.717, 1.165) is 17.0 Å². The second-order valence-corrected chi connectivity index (χ2v) is 6.98. The van der Waals surface area contributed by atoms with Crippen LogP contribution in [0, 0.1) is 5.82 Å². The Kier molecular flexibility index (Phi) is 4.56. The van der Waals surface area contributed by atoms with E-state index in [-0.39, 0.29) is 17.8 Å². The predicted molar refractivity (Wildman–Crippen MR) is 87.8 cm³/mol. The van der Waals surface area contributed by atoms with Crippen molar-refractivity contribution >= 4 is 22.4 Å². The second kappa shape index (κ2) is 6.62. The zero-order chi connectivity index (χ0) is 16.4. The van der Waals surface area contributed by atoms with Crippen molar-refractivity contribution < 1.29 is 9.18 Å². The molecule has 1 aromatic carbocycles. The zero-order valence-electron chi connectivity index (χ0n) is 13.1. The molecule has 1 saturated heterocycles. The first-order valence-corrected chi connectivity index (χ1v) is 8.48. The van der Waals surface area contributed by atoms with Crippen LogP contribution in [-0.2, 0) is 11.3 Å². The molecule has 2 heterocycles. The lowest BCUT2D eigenvalue weighted by atomic mass is 10.2. The standard InChI is InChI=1S/C16H19FN4OS/c1-10(2)14-19-20-16(23-14)18-13-7-8-21(15(13)22)9-11-3-5-12(17)6-4-11/h3-6,10,13H,7-9H2,1-2H3,(H,18,20). The van der Waals surface area contributed by atoms with Gasteiger partial charge in [0.15, 0.2) is 0 Å². The number of carbonyl (C=O) groups is 1. The highest BCUT2D eigenvalue weighted by atomic mass is 32.1. The third-order valence-corrected chi connectivity index (χ3v) is 4.97. The molecule has 5 nitrogen and oxygen atoms in total. The quantitative estimate of drug-likeness (QED) is 0.913. The SMILES string of the molecule is CC(C)c1nnc(NC2CCN(Cc3ccc(F)cc3)C2=O)s1. The van der Waals surface area contributed by atoms with E-state index in [1.165, 1.54) is 23.5 Å². The third kappa shape index (κ3) is 3.67. The maximum atomic E-state index is 12.9. The van der Waals surface area contributed by atoms with Crippen LogP contribution in [0.5, 0.6) is 0 Å². The molecular formula is C16H19FN4OS. The molecule has 1 aliphatic rings. The van der Waals surface area contributed by atoms with Gasteiger partial charge in [0, 0.05) is 19.0 Å². The van der Waals surface area contributed by atoms with Crippen LogP contribution in [0.2, 0.25) is 0 Å². The van der Waals surface area contributed by atoms with Gasteiger partial charge in [0.25, 0.3) is 0 Å². The fourth-order valence-electron chi connectivity index (χ4n) is 2.52. The molecular weight excluding hydrogens is 315 g/mol. The van der Waals surface area contributed by atoms with E-state index in [1.54, 1.807) is 17.0 Å². The fourth-order valence-corrected chi connectivity index (χ4v) is 3.31. The third-order valence-electron chi connectivity index (χ3n) is 3.82. The number of hydrogen-bond donors (Lipinski definition) is 1. The van der Waals surface area contributed by atoms with E-state index in [4.69, 9.17) is 0 Å². The molecule has 1 aliphatic heterocycles. The molecule has 1 aromatic heterocycles. The van der Waals surface area contributed by atoms with Crippen molar-refractivity contribution in [2.75, 3.05) is 11.9 Å². The number of amides is 1. The Morgan fingerprint density at radius 1 is 1.35 bits per heavy atom. The van der Waals surface area contributed by atoms with E-state index in [1.807, 2.05) is 0 Å². The van der Waals surface area contributed by atoms with Crippen molar-refractivity contribution in [3.8, 4) is 0 Å². The Hall–Kier alpha value is -2.02. The van der Waals surface area contributed by atoms with Crippen molar-refractivity contribution in [3.05, 3.63) is 40.7 Å². The highest BCUT2D eigenvalue weighted by molar-refractivity contribution is 7.15. The van der Waals surface area contributed by atoms with Crippen molar-refractivity contribution in [1.82, 2.24) is 15.1 Å². The average Bonchev–Trinajstić information content (AvgIpc) is 3.12.